The van der Waals surface area contributed by atoms with Crippen molar-refractivity contribution in [1.29, 1.82) is 0 Å². The van der Waals surface area contributed by atoms with Gasteiger partial charge in [-0.15, -0.1) is 0 Å². The third kappa shape index (κ3) is 4.59. The summed E-state index contributed by atoms with van der Waals surface area (Å²) in [5.41, 5.74) is -3.34. The number of rotatable bonds is 3. The SMILES string of the molecule is CC1CC(Nc2ccc(SC(F)(F)F)cc2)CCN1C. The number of alkyl halides is 3. The quantitative estimate of drug-likeness (QED) is 0.843. The lowest BCUT2D eigenvalue weighted by molar-refractivity contribution is -0.0328. The molecule has 1 aliphatic rings. The largest absolute Gasteiger partial charge is 0.446 e. The van der Waals surface area contributed by atoms with E-state index in [1.165, 1.54) is 12.1 Å². The number of benzene rings is 1. The molecule has 2 rings (SSSR count). The average molecular weight is 304 g/mol. The fourth-order valence-corrected chi connectivity index (χ4v) is 2.95. The first-order chi connectivity index (χ1) is 9.33. The molecule has 1 N–H and O–H groups in total. The second-order valence-corrected chi connectivity index (χ2v) is 6.41. The van der Waals surface area contributed by atoms with E-state index in [2.05, 4.69) is 24.2 Å². The summed E-state index contributed by atoms with van der Waals surface area (Å²) in [5.74, 6) is 0. The molecule has 0 amide bonds. The van der Waals surface area contributed by atoms with E-state index in [0.717, 1.165) is 25.1 Å². The molecule has 0 saturated carbocycles. The van der Waals surface area contributed by atoms with E-state index in [9.17, 15) is 13.2 Å². The van der Waals surface area contributed by atoms with Crippen molar-refractivity contribution in [1.82, 2.24) is 4.90 Å². The Morgan fingerprint density at radius 1 is 1.25 bits per heavy atom. The van der Waals surface area contributed by atoms with Crippen LogP contribution in [0.2, 0.25) is 0 Å². The summed E-state index contributed by atoms with van der Waals surface area (Å²) in [6.45, 7) is 3.23. The number of hydrogen-bond donors (Lipinski definition) is 1. The van der Waals surface area contributed by atoms with Crippen LogP contribution in [0.1, 0.15) is 19.8 Å². The topological polar surface area (TPSA) is 15.3 Å². The molecule has 2 nitrogen and oxygen atoms in total. The van der Waals surface area contributed by atoms with Crippen molar-refractivity contribution >= 4 is 17.4 Å². The third-order valence-corrected chi connectivity index (χ3v) is 4.41. The highest BCUT2D eigenvalue weighted by atomic mass is 32.2. The Hall–Kier alpha value is -0.880. The van der Waals surface area contributed by atoms with E-state index < -0.39 is 5.51 Å². The number of nitrogens with one attached hydrogen (secondary N) is 1. The number of hydrogen-bond acceptors (Lipinski definition) is 3. The van der Waals surface area contributed by atoms with Crippen LogP contribution >= 0.6 is 11.8 Å². The second-order valence-electron chi connectivity index (χ2n) is 5.27. The number of halogens is 3. The van der Waals surface area contributed by atoms with Crippen LogP contribution in [-0.4, -0.2) is 36.1 Å². The van der Waals surface area contributed by atoms with Gasteiger partial charge in [0.1, 0.15) is 0 Å². The molecule has 2 unspecified atom stereocenters. The first kappa shape index (κ1) is 15.5. The summed E-state index contributed by atoms with van der Waals surface area (Å²) in [5, 5.41) is 3.40. The highest BCUT2D eigenvalue weighted by molar-refractivity contribution is 8.00. The zero-order chi connectivity index (χ0) is 14.8. The zero-order valence-corrected chi connectivity index (χ0v) is 12.4. The van der Waals surface area contributed by atoms with Gasteiger partial charge in [0, 0.05) is 29.2 Å². The van der Waals surface area contributed by atoms with Gasteiger partial charge >= 0.3 is 5.51 Å². The normalized spacial score (nSPS) is 24.6. The van der Waals surface area contributed by atoms with Crippen LogP contribution in [0.4, 0.5) is 18.9 Å². The van der Waals surface area contributed by atoms with Gasteiger partial charge in [-0.1, -0.05) is 0 Å². The smallest absolute Gasteiger partial charge is 0.382 e. The zero-order valence-electron chi connectivity index (χ0n) is 11.6. The predicted molar refractivity (Wildman–Crippen MR) is 77.1 cm³/mol. The Morgan fingerprint density at radius 2 is 1.90 bits per heavy atom. The summed E-state index contributed by atoms with van der Waals surface area (Å²) in [7, 11) is 2.12. The molecule has 20 heavy (non-hydrogen) atoms. The fraction of sp³-hybridized carbons (Fsp3) is 0.571. The summed E-state index contributed by atoms with van der Waals surface area (Å²) < 4.78 is 36.7. The van der Waals surface area contributed by atoms with Crippen molar-refractivity contribution in [2.45, 2.75) is 42.3 Å². The molecule has 1 fully saturated rings. The minimum atomic E-state index is -4.22. The van der Waals surface area contributed by atoms with Crippen molar-refractivity contribution in [3.8, 4) is 0 Å². The van der Waals surface area contributed by atoms with Gasteiger partial charge in [-0.25, -0.2) is 0 Å². The van der Waals surface area contributed by atoms with Crippen LogP contribution in [-0.2, 0) is 0 Å². The molecule has 1 aromatic carbocycles. The van der Waals surface area contributed by atoms with E-state index in [1.807, 2.05) is 0 Å². The number of anilines is 1. The lowest BCUT2D eigenvalue weighted by Gasteiger charge is -2.35. The monoisotopic (exact) mass is 304 g/mol. The van der Waals surface area contributed by atoms with Gasteiger partial charge in [0.2, 0.25) is 0 Å². The molecule has 1 saturated heterocycles. The van der Waals surface area contributed by atoms with E-state index in [4.69, 9.17) is 0 Å². The average Bonchev–Trinajstić information content (AvgIpc) is 2.35. The molecular weight excluding hydrogens is 285 g/mol. The molecule has 0 radical (unpaired) electrons. The first-order valence-corrected chi connectivity index (χ1v) is 7.48. The van der Waals surface area contributed by atoms with E-state index in [-0.39, 0.29) is 16.7 Å². The molecule has 0 bridgehead atoms. The summed E-state index contributed by atoms with van der Waals surface area (Å²) >= 11 is -0.0782. The maximum Gasteiger partial charge on any atom is 0.446 e. The number of nitrogens with zero attached hydrogens (tertiary/aromatic N) is 1. The highest BCUT2D eigenvalue weighted by Gasteiger charge is 2.29. The molecule has 1 aromatic rings. The number of likely N-dealkylation sites (tertiary alicyclic amines) is 1. The molecule has 1 heterocycles. The molecule has 112 valence electrons. The predicted octanol–water partition coefficient (Wildman–Crippen LogP) is 4.19. The lowest BCUT2D eigenvalue weighted by atomic mass is 9.99. The van der Waals surface area contributed by atoms with E-state index >= 15 is 0 Å². The minimum absolute atomic E-state index is 0.0782. The van der Waals surface area contributed by atoms with Crippen LogP contribution in [0.15, 0.2) is 29.2 Å². The molecule has 6 heteroatoms. The van der Waals surface area contributed by atoms with Gasteiger partial charge in [-0.3, -0.25) is 0 Å². The van der Waals surface area contributed by atoms with Crippen LogP contribution < -0.4 is 5.32 Å². The maximum atomic E-state index is 12.2. The van der Waals surface area contributed by atoms with Crippen molar-refractivity contribution in [3.05, 3.63) is 24.3 Å². The van der Waals surface area contributed by atoms with Gasteiger partial charge in [0.15, 0.2) is 0 Å². The Morgan fingerprint density at radius 3 is 2.45 bits per heavy atom. The Labute approximate surface area is 121 Å². The van der Waals surface area contributed by atoms with Gasteiger partial charge in [-0.05, 0) is 62.8 Å². The summed E-state index contributed by atoms with van der Waals surface area (Å²) in [6, 6.07) is 7.38. The van der Waals surface area contributed by atoms with Crippen LogP contribution in [0, 0.1) is 0 Å². The van der Waals surface area contributed by atoms with Gasteiger partial charge in [0.05, 0.1) is 0 Å². The molecule has 2 atom stereocenters. The number of thioether (sulfide) groups is 1. The van der Waals surface area contributed by atoms with Crippen molar-refractivity contribution in [2.24, 2.45) is 0 Å². The van der Waals surface area contributed by atoms with Crippen molar-refractivity contribution in [3.63, 3.8) is 0 Å². The molecule has 0 aliphatic carbocycles. The van der Waals surface area contributed by atoms with Gasteiger partial charge in [-0.2, -0.15) is 13.2 Å². The van der Waals surface area contributed by atoms with E-state index in [1.54, 1.807) is 12.1 Å². The van der Waals surface area contributed by atoms with Gasteiger partial charge in [0.25, 0.3) is 0 Å². The van der Waals surface area contributed by atoms with Crippen LogP contribution in [0.3, 0.4) is 0 Å². The van der Waals surface area contributed by atoms with E-state index in [0.29, 0.717) is 12.1 Å². The third-order valence-electron chi connectivity index (χ3n) is 3.67. The standard InChI is InChI=1S/C14H19F3N2S/c1-10-9-12(7-8-19(10)2)18-11-3-5-13(6-4-11)20-14(15,16)17/h3-6,10,12,18H,7-9H2,1-2H3. The van der Waals surface area contributed by atoms with Gasteiger partial charge < -0.3 is 10.2 Å². The number of piperidine rings is 1. The minimum Gasteiger partial charge on any atom is -0.382 e. The maximum absolute atomic E-state index is 12.2. The Kier molecular flexibility index (Phi) is 4.86. The first-order valence-electron chi connectivity index (χ1n) is 6.66. The fourth-order valence-electron chi connectivity index (χ4n) is 2.41. The molecule has 0 aromatic heterocycles. The van der Waals surface area contributed by atoms with Crippen LogP contribution in [0.25, 0.3) is 0 Å². The van der Waals surface area contributed by atoms with Crippen LogP contribution in [0.5, 0.6) is 0 Å². The van der Waals surface area contributed by atoms with Crippen molar-refractivity contribution < 1.29 is 13.2 Å². The second kappa shape index (κ2) is 6.26. The molecule has 0 spiro atoms. The highest BCUT2D eigenvalue weighted by Crippen LogP contribution is 2.37. The summed E-state index contributed by atoms with van der Waals surface area (Å²) in [6.07, 6.45) is 2.11. The molecular formula is C14H19F3N2S. The Balaban J connectivity index is 1.91. The lowest BCUT2D eigenvalue weighted by Crippen LogP contribution is -2.42. The molecule has 1 aliphatic heterocycles. The summed E-state index contributed by atoms with van der Waals surface area (Å²) in [4.78, 5) is 2.54. The van der Waals surface area contributed by atoms with Crippen molar-refractivity contribution in [2.75, 3.05) is 18.9 Å². The Bertz CT molecular complexity index is 433.